The highest BCUT2D eigenvalue weighted by Gasteiger charge is 2.04. The zero-order valence-electron chi connectivity index (χ0n) is 7.44. The summed E-state index contributed by atoms with van der Waals surface area (Å²) in [5, 5.41) is 0. The van der Waals surface area contributed by atoms with Gasteiger partial charge in [-0.25, -0.2) is 9.66 Å². The van der Waals surface area contributed by atoms with Gasteiger partial charge in [0, 0.05) is 5.56 Å². The Hall–Kier alpha value is -1.77. The third-order valence-electron chi connectivity index (χ3n) is 2.05. The molecule has 1 aromatic carbocycles. The molecule has 0 amide bonds. The van der Waals surface area contributed by atoms with Crippen molar-refractivity contribution in [3.8, 4) is 11.3 Å². The van der Waals surface area contributed by atoms with Crippen molar-refractivity contribution in [1.82, 2.24) is 9.66 Å². The highest BCUT2D eigenvalue weighted by molar-refractivity contribution is 5.59. The molecule has 1 heterocycles. The van der Waals surface area contributed by atoms with Gasteiger partial charge in [0.25, 0.3) is 0 Å². The van der Waals surface area contributed by atoms with Crippen LogP contribution in [0.5, 0.6) is 0 Å². The normalized spacial score (nSPS) is 10.2. The second-order valence-corrected chi connectivity index (χ2v) is 2.93. The Morgan fingerprint density at radius 3 is 2.46 bits per heavy atom. The van der Waals surface area contributed by atoms with Crippen LogP contribution in [0.25, 0.3) is 11.3 Å². The van der Waals surface area contributed by atoms with Gasteiger partial charge < -0.3 is 5.84 Å². The first-order valence-electron chi connectivity index (χ1n) is 4.14. The zero-order chi connectivity index (χ0) is 9.26. The van der Waals surface area contributed by atoms with Crippen LogP contribution >= 0.6 is 0 Å². The summed E-state index contributed by atoms with van der Waals surface area (Å²) in [5.41, 5.74) is 2.03. The van der Waals surface area contributed by atoms with E-state index in [4.69, 9.17) is 5.84 Å². The number of imidazole rings is 1. The molecule has 0 saturated heterocycles. The van der Waals surface area contributed by atoms with Crippen molar-refractivity contribution >= 4 is 0 Å². The summed E-state index contributed by atoms with van der Waals surface area (Å²) in [6.45, 7) is 1.88. The smallest absolute Gasteiger partial charge is 0.124 e. The van der Waals surface area contributed by atoms with Gasteiger partial charge in [0.15, 0.2) is 0 Å². The van der Waals surface area contributed by atoms with Gasteiger partial charge in [0.2, 0.25) is 0 Å². The van der Waals surface area contributed by atoms with E-state index in [9.17, 15) is 0 Å². The molecule has 3 nitrogen and oxygen atoms in total. The third-order valence-corrected chi connectivity index (χ3v) is 2.05. The third kappa shape index (κ3) is 1.28. The van der Waals surface area contributed by atoms with E-state index >= 15 is 0 Å². The molecule has 2 rings (SSSR count). The molecule has 66 valence electrons. The van der Waals surface area contributed by atoms with Crippen molar-refractivity contribution in [1.29, 1.82) is 0 Å². The molecule has 2 N–H and O–H groups in total. The molecule has 0 fully saturated rings. The van der Waals surface area contributed by atoms with E-state index in [0.29, 0.717) is 0 Å². The molecule has 0 spiro atoms. The first kappa shape index (κ1) is 7.86. The van der Waals surface area contributed by atoms with Crippen molar-refractivity contribution in [3.63, 3.8) is 0 Å². The molecule has 0 aliphatic heterocycles. The minimum Gasteiger partial charge on any atom is -0.337 e. The topological polar surface area (TPSA) is 43.8 Å². The predicted octanol–water partition coefficient (Wildman–Crippen LogP) is 1.57. The number of rotatable bonds is 1. The van der Waals surface area contributed by atoms with Crippen molar-refractivity contribution in [2.45, 2.75) is 6.92 Å². The molecule has 0 saturated carbocycles. The fourth-order valence-corrected chi connectivity index (χ4v) is 1.28. The number of aryl methyl sites for hydroxylation is 1. The molecular formula is C10H11N3. The molecule has 0 unspecified atom stereocenters. The number of hydrogen-bond donors (Lipinski definition) is 1. The maximum atomic E-state index is 5.79. The Labute approximate surface area is 76.8 Å². The summed E-state index contributed by atoms with van der Waals surface area (Å²) >= 11 is 0. The molecule has 0 atom stereocenters. The maximum Gasteiger partial charge on any atom is 0.124 e. The average Bonchev–Trinajstić information content (AvgIpc) is 2.49. The first-order chi connectivity index (χ1) is 6.29. The Bertz CT molecular complexity index is 403. The molecule has 1 aromatic heterocycles. The largest absolute Gasteiger partial charge is 0.337 e. The number of nitrogens with two attached hydrogens (primary N) is 1. The first-order valence-corrected chi connectivity index (χ1v) is 4.14. The van der Waals surface area contributed by atoms with E-state index in [1.54, 1.807) is 10.9 Å². The highest BCUT2D eigenvalue weighted by atomic mass is 15.3. The van der Waals surface area contributed by atoms with E-state index in [2.05, 4.69) is 4.98 Å². The average molecular weight is 173 g/mol. The molecular weight excluding hydrogens is 162 g/mol. The van der Waals surface area contributed by atoms with Crippen molar-refractivity contribution in [2.75, 3.05) is 5.84 Å². The lowest BCUT2D eigenvalue weighted by Gasteiger charge is -2.02. The van der Waals surface area contributed by atoms with Gasteiger partial charge in [-0.3, -0.25) is 0 Å². The molecule has 2 aromatic rings. The zero-order valence-corrected chi connectivity index (χ0v) is 7.44. The standard InChI is InChI=1S/C10H11N3/c1-8-12-7-10(13(8)11)9-5-3-2-4-6-9/h2-7H,11H2,1H3. The summed E-state index contributed by atoms with van der Waals surface area (Å²) in [6.07, 6.45) is 1.78. The van der Waals surface area contributed by atoms with Crippen LogP contribution in [-0.2, 0) is 0 Å². The number of nitrogen functional groups attached to an aromatic ring is 1. The van der Waals surface area contributed by atoms with Gasteiger partial charge in [-0.1, -0.05) is 30.3 Å². The molecule has 0 bridgehead atoms. The van der Waals surface area contributed by atoms with Crippen LogP contribution in [0.15, 0.2) is 36.5 Å². The van der Waals surface area contributed by atoms with Crippen LogP contribution in [-0.4, -0.2) is 9.66 Å². The summed E-state index contributed by atoms with van der Waals surface area (Å²) in [6, 6.07) is 9.97. The van der Waals surface area contributed by atoms with Gasteiger partial charge in [-0.15, -0.1) is 0 Å². The van der Waals surface area contributed by atoms with Gasteiger partial charge in [-0.2, -0.15) is 0 Å². The molecule has 3 heteroatoms. The summed E-state index contributed by atoms with van der Waals surface area (Å²) in [7, 11) is 0. The molecule has 0 radical (unpaired) electrons. The maximum absolute atomic E-state index is 5.79. The minimum absolute atomic E-state index is 0.818. The fourth-order valence-electron chi connectivity index (χ4n) is 1.28. The number of benzene rings is 1. The summed E-state index contributed by atoms with van der Waals surface area (Å²) in [5.74, 6) is 6.61. The van der Waals surface area contributed by atoms with Crippen LogP contribution < -0.4 is 5.84 Å². The van der Waals surface area contributed by atoms with Crippen LogP contribution in [0.1, 0.15) is 5.82 Å². The van der Waals surface area contributed by atoms with E-state index in [1.165, 1.54) is 0 Å². The van der Waals surface area contributed by atoms with Gasteiger partial charge in [-0.05, 0) is 6.92 Å². The van der Waals surface area contributed by atoms with Crippen LogP contribution in [0.3, 0.4) is 0 Å². The predicted molar refractivity (Wildman–Crippen MR) is 52.6 cm³/mol. The Morgan fingerprint density at radius 2 is 1.92 bits per heavy atom. The SMILES string of the molecule is Cc1ncc(-c2ccccc2)n1N. The Balaban J connectivity index is 2.53. The Morgan fingerprint density at radius 1 is 1.23 bits per heavy atom. The lowest BCUT2D eigenvalue weighted by Crippen LogP contribution is -2.11. The van der Waals surface area contributed by atoms with Crippen LogP contribution in [0, 0.1) is 6.92 Å². The quantitative estimate of drug-likeness (QED) is 0.665. The summed E-state index contributed by atoms with van der Waals surface area (Å²) in [4.78, 5) is 4.13. The highest BCUT2D eigenvalue weighted by Crippen LogP contribution is 2.17. The lowest BCUT2D eigenvalue weighted by atomic mass is 10.2. The number of aromatic nitrogens is 2. The molecule has 13 heavy (non-hydrogen) atoms. The lowest BCUT2D eigenvalue weighted by molar-refractivity contribution is 0.934. The van der Waals surface area contributed by atoms with E-state index in [0.717, 1.165) is 17.1 Å². The molecule has 0 aliphatic carbocycles. The monoisotopic (exact) mass is 173 g/mol. The minimum atomic E-state index is 0.818. The second kappa shape index (κ2) is 2.94. The number of nitrogens with zero attached hydrogens (tertiary/aromatic N) is 2. The van der Waals surface area contributed by atoms with Gasteiger partial charge in [0.1, 0.15) is 5.82 Å². The van der Waals surface area contributed by atoms with E-state index in [1.807, 2.05) is 37.3 Å². The van der Waals surface area contributed by atoms with Crippen molar-refractivity contribution in [3.05, 3.63) is 42.4 Å². The van der Waals surface area contributed by atoms with Crippen molar-refractivity contribution in [2.24, 2.45) is 0 Å². The van der Waals surface area contributed by atoms with Gasteiger partial charge in [0.05, 0.1) is 11.9 Å². The van der Waals surface area contributed by atoms with E-state index in [-0.39, 0.29) is 0 Å². The van der Waals surface area contributed by atoms with Crippen LogP contribution in [0.4, 0.5) is 0 Å². The van der Waals surface area contributed by atoms with E-state index < -0.39 is 0 Å². The van der Waals surface area contributed by atoms with Crippen LogP contribution in [0.2, 0.25) is 0 Å². The molecule has 0 aliphatic rings. The number of hydrogen-bond acceptors (Lipinski definition) is 2. The Kier molecular flexibility index (Phi) is 1.77. The second-order valence-electron chi connectivity index (χ2n) is 2.93. The van der Waals surface area contributed by atoms with Gasteiger partial charge >= 0.3 is 0 Å². The summed E-state index contributed by atoms with van der Waals surface area (Å²) < 4.78 is 1.59. The fraction of sp³-hybridized carbons (Fsp3) is 0.100. The van der Waals surface area contributed by atoms with Crippen molar-refractivity contribution < 1.29 is 0 Å².